The number of amides is 1. The predicted octanol–water partition coefficient (Wildman–Crippen LogP) is 3.42. The summed E-state index contributed by atoms with van der Waals surface area (Å²) in [7, 11) is 1.30. The van der Waals surface area contributed by atoms with E-state index < -0.39 is 17.6 Å². The molecule has 9 heteroatoms. The normalized spacial score (nSPS) is 18.5. The van der Waals surface area contributed by atoms with Crippen molar-refractivity contribution >= 4 is 18.0 Å². The van der Waals surface area contributed by atoms with E-state index in [1.165, 1.54) is 24.5 Å². The smallest absolute Gasteiger partial charge is 0.407 e. The van der Waals surface area contributed by atoms with E-state index in [9.17, 15) is 9.59 Å². The van der Waals surface area contributed by atoms with Gasteiger partial charge in [0.05, 0.1) is 13.7 Å². The molecule has 2 heterocycles. The van der Waals surface area contributed by atoms with Crippen LogP contribution in [0.15, 0.2) is 64.2 Å². The van der Waals surface area contributed by atoms with E-state index >= 15 is 0 Å². The summed E-state index contributed by atoms with van der Waals surface area (Å²) in [6.07, 6.45) is 0.783. The summed E-state index contributed by atoms with van der Waals surface area (Å²) >= 11 is 0. The molecule has 34 heavy (non-hydrogen) atoms. The molecular weight excluding hydrogens is 438 g/mol. The molecule has 9 nitrogen and oxygen atoms in total. The second kappa shape index (κ2) is 8.66. The van der Waals surface area contributed by atoms with Crippen LogP contribution in [0.5, 0.6) is 0 Å². The Morgan fingerprint density at radius 3 is 2.47 bits per heavy atom. The Hall–Kier alpha value is -4.14. The number of hydrogen-bond acceptors (Lipinski definition) is 8. The lowest BCUT2D eigenvalue weighted by molar-refractivity contribution is -0.146. The Balaban J connectivity index is 1.18. The number of methoxy groups -OCH3 is 1. The van der Waals surface area contributed by atoms with Gasteiger partial charge >= 0.3 is 12.1 Å². The van der Waals surface area contributed by atoms with Crippen LogP contribution < -0.4 is 5.32 Å². The molecule has 1 atom stereocenters. The van der Waals surface area contributed by atoms with Crippen LogP contribution in [0.25, 0.3) is 11.1 Å². The fourth-order valence-electron chi connectivity index (χ4n) is 4.24. The van der Waals surface area contributed by atoms with Crippen LogP contribution in [0.3, 0.4) is 0 Å². The van der Waals surface area contributed by atoms with Gasteiger partial charge in [0.2, 0.25) is 11.8 Å². The number of benzene rings is 2. The summed E-state index contributed by atoms with van der Waals surface area (Å²) in [5.74, 6) is -0.0817. The number of carbonyl (C=O) groups is 2. The Morgan fingerprint density at radius 2 is 1.79 bits per heavy atom. The molecule has 1 amide bonds. The van der Waals surface area contributed by atoms with Gasteiger partial charge in [-0.2, -0.15) is 0 Å². The molecule has 0 saturated heterocycles. The number of alkyl carbamates (subject to hydrolysis) is 1. The fourth-order valence-corrected chi connectivity index (χ4v) is 4.24. The van der Waals surface area contributed by atoms with Gasteiger partial charge in [-0.15, -0.1) is 0 Å². The number of ether oxygens (including phenoxy) is 3. The van der Waals surface area contributed by atoms with Crippen LogP contribution in [0.1, 0.15) is 35.6 Å². The van der Waals surface area contributed by atoms with Crippen LogP contribution >= 0.6 is 0 Å². The van der Waals surface area contributed by atoms with Gasteiger partial charge in [0.1, 0.15) is 19.5 Å². The van der Waals surface area contributed by atoms with E-state index in [0.717, 1.165) is 11.1 Å². The molecular formula is C25H23N3O6. The summed E-state index contributed by atoms with van der Waals surface area (Å²) in [4.78, 5) is 32.8. The minimum Gasteiger partial charge on any atom is -0.473 e. The molecule has 2 aliphatic rings. The van der Waals surface area contributed by atoms with Crippen molar-refractivity contribution in [3.63, 3.8) is 0 Å². The van der Waals surface area contributed by atoms with Crippen molar-refractivity contribution in [2.75, 3.05) is 20.3 Å². The third kappa shape index (κ3) is 3.89. The number of aliphatic imine (C=N–C) groups is 1. The molecule has 5 rings (SSSR count). The van der Waals surface area contributed by atoms with Crippen molar-refractivity contribution in [2.45, 2.75) is 24.9 Å². The van der Waals surface area contributed by atoms with E-state index in [0.29, 0.717) is 5.69 Å². The second-order valence-electron chi connectivity index (χ2n) is 8.28. The number of fused-ring (bicyclic) bond motifs is 3. The molecule has 0 radical (unpaired) electrons. The monoisotopic (exact) mass is 461 g/mol. The van der Waals surface area contributed by atoms with Crippen LogP contribution in [0.2, 0.25) is 0 Å². The highest BCUT2D eigenvalue weighted by atomic mass is 16.6. The molecule has 1 aromatic heterocycles. The number of esters is 1. The Bertz CT molecular complexity index is 1240. The maximum absolute atomic E-state index is 12.4. The second-order valence-corrected chi connectivity index (χ2v) is 8.28. The van der Waals surface area contributed by atoms with Gasteiger partial charge in [0, 0.05) is 5.92 Å². The van der Waals surface area contributed by atoms with Gasteiger partial charge in [-0.25, -0.2) is 19.6 Å². The highest BCUT2D eigenvalue weighted by molar-refractivity contribution is 5.97. The first-order valence-electron chi connectivity index (χ1n) is 10.8. The van der Waals surface area contributed by atoms with Gasteiger partial charge in [-0.1, -0.05) is 48.5 Å². The van der Waals surface area contributed by atoms with Crippen molar-refractivity contribution in [1.29, 1.82) is 0 Å². The number of hydrogen-bond donors (Lipinski definition) is 1. The molecule has 0 fully saturated rings. The molecule has 1 N–H and O–H groups in total. The lowest BCUT2D eigenvalue weighted by Crippen LogP contribution is -2.35. The van der Waals surface area contributed by atoms with E-state index in [2.05, 4.69) is 39.6 Å². The van der Waals surface area contributed by atoms with Crippen LogP contribution in [-0.2, 0) is 25.5 Å². The standard InChI is InChI=1S/C25H23N3O6/c1-25(23(29)31-2)14-34-22(28-25)20-13-32-21(27-20)11-26-24(30)33-12-19-17-9-5-3-7-15(17)16-8-4-6-10-18(16)19/h3-10,13,19H,11-12,14H2,1-2H3,(H,26,30)/t25-/m0/s1. The lowest BCUT2D eigenvalue weighted by atomic mass is 9.98. The van der Waals surface area contributed by atoms with Gasteiger partial charge in [0.15, 0.2) is 11.2 Å². The largest absolute Gasteiger partial charge is 0.473 e. The molecule has 0 saturated carbocycles. The Morgan fingerprint density at radius 1 is 1.12 bits per heavy atom. The molecule has 2 aromatic carbocycles. The number of nitrogens with zero attached hydrogens (tertiary/aromatic N) is 2. The molecule has 0 bridgehead atoms. The summed E-state index contributed by atoms with van der Waals surface area (Å²) in [5.41, 5.74) is 3.83. The zero-order valence-corrected chi connectivity index (χ0v) is 18.7. The first-order chi connectivity index (χ1) is 16.5. The number of nitrogens with one attached hydrogen (secondary N) is 1. The maximum atomic E-state index is 12.4. The highest BCUT2D eigenvalue weighted by Crippen LogP contribution is 2.44. The Kier molecular flexibility index (Phi) is 5.53. The van der Waals surface area contributed by atoms with Gasteiger partial charge in [0.25, 0.3) is 0 Å². The van der Waals surface area contributed by atoms with Crippen molar-refractivity contribution < 1.29 is 28.2 Å². The zero-order valence-electron chi connectivity index (χ0n) is 18.7. The molecule has 1 aliphatic carbocycles. The minimum atomic E-state index is -1.12. The zero-order chi connectivity index (χ0) is 23.7. The fraction of sp³-hybridized carbons (Fsp3) is 0.280. The number of rotatable bonds is 6. The third-order valence-corrected chi connectivity index (χ3v) is 5.96. The molecule has 174 valence electrons. The van der Waals surface area contributed by atoms with Crippen LogP contribution in [0.4, 0.5) is 4.79 Å². The summed E-state index contributed by atoms with van der Waals surface area (Å²) in [5, 5.41) is 2.65. The predicted molar refractivity (Wildman–Crippen MR) is 121 cm³/mol. The van der Waals surface area contributed by atoms with E-state index in [4.69, 9.17) is 18.6 Å². The van der Waals surface area contributed by atoms with Crippen molar-refractivity contribution in [1.82, 2.24) is 10.3 Å². The van der Waals surface area contributed by atoms with Crippen LogP contribution in [0, 0.1) is 0 Å². The SMILES string of the molecule is COC(=O)[C@]1(C)COC(c2coc(CNC(=O)OCC3c4ccccc4-c4ccccc43)n2)=N1. The third-order valence-electron chi connectivity index (χ3n) is 5.96. The number of carbonyl (C=O) groups excluding carboxylic acids is 2. The average molecular weight is 461 g/mol. The van der Waals surface area contributed by atoms with Crippen LogP contribution in [-0.4, -0.2) is 48.8 Å². The first kappa shape index (κ1) is 21.7. The molecule has 3 aromatic rings. The maximum Gasteiger partial charge on any atom is 0.407 e. The van der Waals surface area contributed by atoms with Crippen molar-refractivity contribution in [2.24, 2.45) is 4.99 Å². The number of aromatic nitrogens is 1. The minimum absolute atomic E-state index is 0.0202. The van der Waals surface area contributed by atoms with Crippen molar-refractivity contribution in [3.8, 4) is 11.1 Å². The van der Waals surface area contributed by atoms with E-state index in [1.807, 2.05) is 24.3 Å². The summed E-state index contributed by atoms with van der Waals surface area (Å²) in [6, 6.07) is 16.3. The van der Waals surface area contributed by atoms with Crippen molar-refractivity contribution in [3.05, 3.63) is 77.5 Å². The van der Waals surface area contributed by atoms with Gasteiger partial charge < -0.3 is 23.9 Å². The number of oxazole rings is 1. The highest BCUT2D eigenvalue weighted by Gasteiger charge is 2.41. The van der Waals surface area contributed by atoms with E-state index in [-0.39, 0.29) is 37.5 Å². The lowest BCUT2D eigenvalue weighted by Gasteiger charge is -2.14. The average Bonchev–Trinajstić information content (AvgIpc) is 3.57. The van der Waals surface area contributed by atoms with Gasteiger partial charge in [-0.3, -0.25) is 0 Å². The summed E-state index contributed by atoms with van der Waals surface area (Å²) in [6.45, 7) is 1.91. The molecule has 0 spiro atoms. The molecule has 1 aliphatic heterocycles. The quantitative estimate of drug-likeness (QED) is 0.560. The summed E-state index contributed by atoms with van der Waals surface area (Å²) < 4.78 is 21.2. The Labute approximate surface area is 195 Å². The van der Waals surface area contributed by atoms with Gasteiger partial charge in [-0.05, 0) is 29.2 Å². The topological polar surface area (TPSA) is 112 Å². The molecule has 0 unspecified atom stereocenters. The van der Waals surface area contributed by atoms with E-state index in [1.54, 1.807) is 6.92 Å². The first-order valence-corrected chi connectivity index (χ1v) is 10.8.